The van der Waals surface area contributed by atoms with E-state index in [0.29, 0.717) is 0 Å². The third-order valence-corrected chi connectivity index (χ3v) is 4.35. The van der Waals surface area contributed by atoms with Crippen molar-refractivity contribution in [2.45, 2.75) is 37.8 Å². The van der Waals surface area contributed by atoms with Crippen LogP contribution in [0.1, 0.15) is 37.8 Å². The zero-order chi connectivity index (χ0) is 12.3. The zero-order valence-corrected chi connectivity index (χ0v) is 10.9. The Morgan fingerprint density at radius 2 is 1.35 bits per heavy atom. The second-order valence-electron chi connectivity index (χ2n) is 5.51. The van der Waals surface area contributed by atoms with Gasteiger partial charge in [0.25, 0.3) is 0 Å². The lowest BCUT2D eigenvalue weighted by atomic mass is 9.77. The van der Waals surface area contributed by atoms with Crippen LogP contribution >= 0.6 is 0 Å². The van der Waals surface area contributed by atoms with E-state index in [1.165, 1.54) is 11.1 Å². The van der Waals surface area contributed by atoms with Crippen molar-refractivity contribution in [3.8, 4) is 11.5 Å². The molecule has 1 saturated heterocycles. The van der Waals surface area contributed by atoms with Crippen LogP contribution in [0.4, 0.5) is 0 Å². The smallest absolute Gasteiger partial charge is 0.124 e. The minimum atomic E-state index is 0.0317. The molecule has 2 bridgehead atoms. The Morgan fingerprint density at radius 1 is 0.941 bits per heavy atom. The summed E-state index contributed by atoms with van der Waals surface area (Å²) in [5.41, 5.74) is 2.63. The van der Waals surface area contributed by atoms with Gasteiger partial charge in [0.15, 0.2) is 0 Å². The molecule has 2 aliphatic heterocycles. The Hall–Kier alpha value is -1.22. The average Bonchev–Trinajstić information content (AvgIpc) is 2.76. The van der Waals surface area contributed by atoms with Crippen LogP contribution in [0.3, 0.4) is 0 Å². The van der Waals surface area contributed by atoms with Crippen molar-refractivity contribution in [1.82, 2.24) is 5.32 Å². The zero-order valence-electron chi connectivity index (χ0n) is 10.9. The number of hydrogen-bond acceptors (Lipinski definition) is 3. The van der Waals surface area contributed by atoms with Crippen LogP contribution in [0.2, 0.25) is 0 Å². The molecule has 92 valence electrons. The van der Waals surface area contributed by atoms with E-state index < -0.39 is 0 Å². The van der Waals surface area contributed by atoms with Crippen LogP contribution in [-0.2, 0) is 11.1 Å². The van der Waals surface area contributed by atoms with Crippen LogP contribution in [-0.4, -0.2) is 14.2 Å². The van der Waals surface area contributed by atoms with Crippen molar-refractivity contribution in [2.24, 2.45) is 0 Å². The summed E-state index contributed by atoms with van der Waals surface area (Å²) in [5.74, 6) is 1.94. The van der Waals surface area contributed by atoms with Gasteiger partial charge in [-0.3, -0.25) is 5.32 Å². The quantitative estimate of drug-likeness (QED) is 0.851. The molecule has 0 radical (unpaired) electrons. The Balaban J connectivity index is 2.32. The summed E-state index contributed by atoms with van der Waals surface area (Å²) in [6.07, 6.45) is 2.31. The summed E-state index contributed by atoms with van der Waals surface area (Å²) >= 11 is 0. The first kappa shape index (κ1) is 10.9. The lowest BCUT2D eigenvalue weighted by molar-refractivity contribution is 0.366. The van der Waals surface area contributed by atoms with E-state index in [1.54, 1.807) is 14.2 Å². The topological polar surface area (TPSA) is 30.5 Å². The van der Waals surface area contributed by atoms with Crippen LogP contribution in [0.5, 0.6) is 11.5 Å². The second-order valence-corrected chi connectivity index (χ2v) is 5.51. The van der Waals surface area contributed by atoms with Gasteiger partial charge >= 0.3 is 0 Å². The normalized spacial score (nSPS) is 33.6. The second kappa shape index (κ2) is 3.16. The number of nitrogens with one attached hydrogen (secondary N) is 1. The van der Waals surface area contributed by atoms with Gasteiger partial charge in [0.1, 0.15) is 11.5 Å². The molecular formula is C14H19NO2. The highest BCUT2D eigenvalue weighted by molar-refractivity contribution is 5.60. The number of ether oxygens (including phenoxy) is 2. The van der Waals surface area contributed by atoms with E-state index >= 15 is 0 Å². The van der Waals surface area contributed by atoms with Crippen LogP contribution in [0, 0.1) is 0 Å². The van der Waals surface area contributed by atoms with Crippen molar-refractivity contribution in [3.05, 3.63) is 23.3 Å². The van der Waals surface area contributed by atoms with Gasteiger partial charge in [-0.25, -0.2) is 0 Å². The molecule has 2 heterocycles. The molecule has 0 aliphatic carbocycles. The molecule has 1 aromatic carbocycles. The minimum Gasteiger partial charge on any atom is -0.496 e. The molecule has 3 nitrogen and oxygen atoms in total. The molecule has 0 aromatic heterocycles. The highest BCUT2D eigenvalue weighted by atomic mass is 16.5. The number of methoxy groups -OCH3 is 2. The molecular weight excluding hydrogens is 214 g/mol. The predicted octanol–water partition coefficient (Wildman–Crippen LogP) is 2.53. The Kier molecular flexibility index (Phi) is 2.03. The number of fused-ring (bicyclic) bond motifs is 5. The molecule has 3 heteroatoms. The van der Waals surface area contributed by atoms with Gasteiger partial charge in [0, 0.05) is 22.2 Å². The molecule has 2 unspecified atom stereocenters. The van der Waals surface area contributed by atoms with E-state index in [-0.39, 0.29) is 11.1 Å². The van der Waals surface area contributed by atoms with E-state index in [1.807, 2.05) is 12.1 Å². The molecule has 2 aliphatic rings. The van der Waals surface area contributed by atoms with Gasteiger partial charge in [-0.1, -0.05) is 0 Å². The molecule has 17 heavy (non-hydrogen) atoms. The third-order valence-electron chi connectivity index (χ3n) is 4.35. The van der Waals surface area contributed by atoms with E-state index in [0.717, 1.165) is 24.3 Å². The van der Waals surface area contributed by atoms with E-state index in [9.17, 15) is 0 Å². The van der Waals surface area contributed by atoms with Crippen molar-refractivity contribution in [1.29, 1.82) is 0 Å². The largest absolute Gasteiger partial charge is 0.496 e. The summed E-state index contributed by atoms with van der Waals surface area (Å²) in [4.78, 5) is 0. The van der Waals surface area contributed by atoms with Crippen molar-refractivity contribution < 1.29 is 9.47 Å². The van der Waals surface area contributed by atoms with Gasteiger partial charge in [0.05, 0.1) is 14.2 Å². The highest BCUT2D eigenvalue weighted by Gasteiger charge is 2.55. The lowest BCUT2D eigenvalue weighted by Gasteiger charge is -2.28. The van der Waals surface area contributed by atoms with Crippen molar-refractivity contribution in [2.75, 3.05) is 14.2 Å². The first-order valence-electron chi connectivity index (χ1n) is 6.09. The first-order chi connectivity index (χ1) is 8.04. The number of rotatable bonds is 2. The first-order valence-corrected chi connectivity index (χ1v) is 6.09. The SMILES string of the molecule is COc1ccc(OC)c2c1C1(C)CCC2(C)N1. The van der Waals surface area contributed by atoms with Gasteiger partial charge < -0.3 is 9.47 Å². The summed E-state index contributed by atoms with van der Waals surface area (Å²) in [6.45, 7) is 4.51. The summed E-state index contributed by atoms with van der Waals surface area (Å²) < 4.78 is 11.0. The molecule has 1 N–H and O–H groups in total. The average molecular weight is 233 g/mol. The fourth-order valence-electron chi connectivity index (χ4n) is 3.61. The van der Waals surface area contributed by atoms with E-state index in [4.69, 9.17) is 9.47 Å². The maximum atomic E-state index is 5.52. The molecule has 0 saturated carbocycles. The Labute approximate surface area is 102 Å². The van der Waals surface area contributed by atoms with Gasteiger partial charge in [-0.05, 0) is 38.8 Å². The molecule has 0 amide bonds. The highest BCUT2D eigenvalue weighted by Crippen LogP contribution is 2.58. The van der Waals surface area contributed by atoms with E-state index in [2.05, 4.69) is 19.2 Å². The van der Waals surface area contributed by atoms with Crippen molar-refractivity contribution >= 4 is 0 Å². The number of hydrogen-bond donors (Lipinski definition) is 1. The van der Waals surface area contributed by atoms with Gasteiger partial charge in [-0.15, -0.1) is 0 Å². The van der Waals surface area contributed by atoms with Gasteiger partial charge in [-0.2, -0.15) is 0 Å². The fourth-order valence-corrected chi connectivity index (χ4v) is 3.61. The van der Waals surface area contributed by atoms with Crippen molar-refractivity contribution in [3.63, 3.8) is 0 Å². The monoisotopic (exact) mass is 233 g/mol. The Bertz CT molecular complexity index is 442. The van der Waals surface area contributed by atoms with Crippen LogP contribution in [0.25, 0.3) is 0 Å². The fraction of sp³-hybridized carbons (Fsp3) is 0.571. The summed E-state index contributed by atoms with van der Waals surface area (Å²) in [6, 6.07) is 4.02. The predicted molar refractivity (Wildman–Crippen MR) is 66.6 cm³/mol. The maximum absolute atomic E-state index is 5.52. The number of benzene rings is 1. The third kappa shape index (κ3) is 1.20. The lowest BCUT2D eigenvalue weighted by Crippen LogP contribution is -2.34. The molecule has 0 spiro atoms. The summed E-state index contributed by atoms with van der Waals surface area (Å²) in [5, 5.41) is 3.74. The molecule has 1 aromatic rings. The Morgan fingerprint density at radius 3 is 1.71 bits per heavy atom. The molecule has 3 rings (SSSR count). The standard InChI is InChI=1S/C14H19NO2/c1-13-7-8-14(2,15-13)12-10(17-4)6-5-9(16-3)11(12)13/h5-6,15H,7-8H2,1-4H3. The van der Waals surface area contributed by atoms with Gasteiger partial charge in [0.2, 0.25) is 0 Å². The molecule has 1 fully saturated rings. The van der Waals surface area contributed by atoms with Crippen LogP contribution in [0.15, 0.2) is 12.1 Å². The molecule has 2 atom stereocenters. The summed E-state index contributed by atoms with van der Waals surface area (Å²) in [7, 11) is 3.47. The van der Waals surface area contributed by atoms with Crippen LogP contribution < -0.4 is 14.8 Å². The minimum absolute atomic E-state index is 0.0317. The maximum Gasteiger partial charge on any atom is 0.124 e.